The van der Waals surface area contributed by atoms with E-state index in [0.29, 0.717) is 36.7 Å². The first-order chi connectivity index (χ1) is 33.0. The number of carbonyl (C=O) groups is 4. The Labute approximate surface area is 396 Å². The first kappa shape index (κ1) is 44.5. The van der Waals surface area contributed by atoms with E-state index in [-0.39, 0.29) is 53.9 Å². The second kappa shape index (κ2) is 17.8. The molecule has 3 saturated heterocycles. The summed E-state index contributed by atoms with van der Waals surface area (Å²) in [7, 11) is 2.67. The number of hydrogen-bond acceptors (Lipinski definition) is 9. The first-order valence-corrected chi connectivity index (χ1v) is 25.0. The predicted octanol–water partition coefficient (Wildman–Crippen LogP) is 8.82. The van der Waals surface area contributed by atoms with Crippen LogP contribution in [-0.4, -0.2) is 105 Å². The summed E-state index contributed by atoms with van der Waals surface area (Å²) >= 11 is 0. The van der Waals surface area contributed by atoms with Crippen LogP contribution in [0.4, 0.5) is 9.59 Å². The number of methoxy groups -OCH3 is 2. The number of fused-ring (bicyclic) bond motifs is 6. The van der Waals surface area contributed by atoms with Gasteiger partial charge in [0, 0.05) is 24.1 Å². The second-order valence-corrected chi connectivity index (χ2v) is 20.9. The van der Waals surface area contributed by atoms with Crippen LogP contribution in [-0.2, 0) is 23.8 Å². The lowest BCUT2D eigenvalue weighted by Crippen LogP contribution is -2.55. The fraction of sp³-hybridized carbons (Fsp3) is 0.547. The molecule has 2 bridgehead atoms. The van der Waals surface area contributed by atoms with Crippen molar-refractivity contribution in [1.82, 2.24) is 40.4 Å². The van der Waals surface area contributed by atoms with Gasteiger partial charge in [0.25, 0.3) is 0 Å². The lowest BCUT2D eigenvalue weighted by atomic mass is 9.83. The molecule has 68 heavy (non-hydrogen) atoms. The minimum Gasteiger partial charge on any atom is -0.453 e. The highest BCUT2D eigenvalue weighted by molar-refractivity contribution is 6.05. The molecule has 15 nitrogen and oxygen atoms in total. The van der Waals surface area contributed by atoms with E-state index in [2.05, 4.69) is 82.1 Å². The topological polar surface area (TPSA) is 184 Å². The zero-order chi connectivity index (χ0) is 47.0. The molecular weight excluding hydrogens is 861 g/mol. The van der Waals surface area contributed by atoms with E-state index in [1.165, 1.54) is 27.1 Å². The highest BCUT2D eigenvalue weighted by Gasteiger charge is 2.62. The Kier molecular flexibility index (Phi) is 11.7. The monoisotopic (exact) mass is 924 g/mol. The van der Waals surface area contributed by atoms with Gasteiger partial charge in [0.15, 0.2) is 0 Å². The van der Waals surface area contributed by atoms with Crippen LogP contribution < -0.4 is 10.6 Å². The van der Waals surface area contributed by atoms with Crippen molar-refractivity contribution >= 4 is 45.8 Å². The third kappa shape index (κ3) is 7.87. The summed E-state index contributed by atoms with van der Waals surface area (Å²) in [6, 6.07) is 17.6. The Morgan fingerprint density at radius 3 is 2.29 bits per heavy atom. The van der Waals surface area contributed by atoms with E-state index < -0.39 is 24.3 Å². The average Bonchev–Trinajstić information content (AvgIpc) is 4.17. The number of amides is 4. The van der Waals surface area contributed by atoms with Gasteiger partial charge < -0.3 is 44.6 Å². The fourth-order valence-electron chi connectivity index (χ4n) is 13.2. The van der Waals surface area contributed by atoms with Crippen LogP contribution in [0.1, 0.15) is 109 Å². The maximum atomic E-state index is 14.9. The van der Waals surface area contributed by atoms with E-state index in [1.54, 1.807) is 0 Å². The van der Waals surface area contributed by atoms with Crippen molar-refractivity contribution in [2.75, 3.05) is 20.8 Å². The molecule has 5 heterocycles. The molecule has 3 aliphatic heterocycles. The molecule has 0 radical (unpaired) electrons. The van der Waals surface area contributed by atoms with Crippen LogP contribution in [0, 0.1) is 35.5 Å². The molecule has 358 valence electrons. The van der Waals surface area contributed by atoms with Crippen molar-refractivity contribution < 1.29 is 33.4 Å². The van der Waals surface area contributed by atoms with Crippen LogP contribution >= 0.6 is 0 Å². The van der Waals surface area contributed by atoms with Crippen molar-refractivity contribution in [2.24, 2.45) is 35.5 Å². The van der Waals surface area contributed by atoms with Crippen molar-refractivity contribution in [2.45, 2.75) is 127 Å². The number of aromatic nitrogens is 4. The number of alkyl carbamates (subject to hydrolysis) is 2. The van der Waals surface area contributed by atoms with Crippen molar-refractivity contribution in [1.29, 1.82) is 0 Å². The average molecular weight is 925 g/mol. The number of hydrogen-bond donors (Lipinski definition) is 4. The Balaban J connectivity index is 0.815. The number of benzene rings is 3. The molecular formula is C53H64N8O7. The first-order valence-electron chi connectivity index (χ1n) is 25.0. The number of carbonyl (C=O) groups excluding carboxylic acids is 4. The van der Waals surface area contributed by atoms with Crippen LogP contribution in [0.2, 0.25) is 0 Å². The molecule has 4 N–H and O–H groups in total. The van der Waals surface area contributed by atoms with E-state index >= 15 is 0 Å². The van der Waals surface area contributed by atoms with Gasteiger partial charge in [-0.25, -0.2) is 19.6 Å². The number of likely N-dealkylation sites (tertiary alicyclic amines) is 2. The van der Waals surface area contributed by atoms with E-state index in [9.17, 15) is 19.2 Å². The number of ether oxygens (including phenoxy) is 3. The minimum atomic E-state index is -0.698. The second-order valence-electron chi connectivity index (χ2n) is 20.9. The molecule has 0 spiro atoms. The summed E-state index contributed by atoms with van der Waals surface area (Å²) in [6.45, 7) is 6.68. The van der Waals surface area contributed by atoms with Crippen LogP contribution in [0.3, 0.4) is 0 Å². The standard InChI is InChI=1S/C53H64N8O7/c1-27(2)43(58-52(64)66-4)50(62)60-36-17-14-35(23-36)47(60)49-54-26-40(56-49)30-12-10-29(11-13-30)32-15-18-37-33(22-32)16-19-39-45(37)57-48(55-39)41-25-38-28(3)46(38)61(41)51(63)44(59-53(65)67-5)34-20-21-68-42(24-34)31-8-6-7-9-31/h10-13,15-16,18-19,22,26-28,31,34-36,38,41-44,46-47H,6-9,14,17,20-21,23-25H2,1-5H3,(H,54,56)(H,55,57)(H,58,64)(H,59,65)/t28-,34?,35+,36-,38+,41+,42?,43+,44+,46-,47+/m1/s1. The highest BCUT2D eigenvalue weighted by Crippen LogP contribution is 2.58. The summed E-state index contributed by atoms with van der Waals surface area (Å²) in [4.78, 5) is 75.3. The molecule has 6 fully saturated rings. The van der Waals surface area contributed by atoms with Gasteiger partial charge in [-0.1, -0.05) is 76.1 Å². The van der Waals surface area contributed by atoms with Gasteiger partial charge >= 0.3 is 12.2 Å². The summed E-state index contributed by atoms with van der Waals surface area (Å²) in [5, 5.41) is 7.86. The Morgan fingerprint density at radius 1 is 0.779 bits per heavy atom. The smallest absolute Gasteiger partial charge is 0.407 e. The number of H-pyrrole nitrogens is 2. The van der Waals surface area contributed by atoms with Crippen LogP contribution in [0.25, 0.3) is 44.2 Å². The van der Waals surface area contributed by atoms with Crippen LogP contribution in [0.15, 0.2) is 60.8 Å². The minimum absolute atomic E-state index is 0.0393. The quantitative estimate of drug-likeness (QED) is 0.101. The zero-order valence-electron chi connectivity index (χ0n) is 39.7. The molecule has 6 aliphatic rings. The number of imidazole rings is 2. The predicted molar refractivity (Wildman–Crippen MR) is 256 cm³/mol. The number of nitrogens with one attached hydrogen (secondary N) is 4. The number of rotatable bonds is 11. The molecule has 15 heteroatoms. The molecule has 11 atom stereocenters. The Bertz CT molecular complexity index is 2730. The SMILES string of the molecule is COC(=O)N[C@H](C(=O)N1[C@@H]2CC[C@@H](C2)[C@H]1c1ncc(-c2ccc(-c3ccc4c(ccc5[nH]c([C@@H]6C[C@H]7[C@@H](C)[C@H]7N6C(=O)[C@@H](NC(=O)OC)C6CCOC(C7CCCC7)C6)nc54)c3)cc2)[nH]1)C(C)C. The maximum Gasteiger partial charge on any atom is 0.407 e. The van der Waals surface area contributed by atoms with Crippen molar-refractivity contribution in [3.63, 3.8) is 0 Å². The normalized spacial score (nSPS) is 28.5. The molecule has 3 aromatic carbocycles. The van der Waals surface area contributed by atoms with Gasteiger partial charge in [0.1, 0.15) is 23.7 Å². The van der Waals surface area contributed by atoms with Gasteiger partial charge in [-0.15, -0.1) is 0 Å². The summed E-state index contributed by atoms with van der Waals surface area (Å²) in [6.07, 6.45) is 10.7. The largest absolute Gasteiger partial charge is 0.453 e. The molecule has 2 aromatic heterocycles. The third-order valence-corrected chi connectivity index (χ3v) is 16.8. The van der Waals surface area contributed by atoms with Gasteiger partial charge in [0.2, 0.25) is 11.8 Å². The lowest BCUT2D eigenvalue weighted by Gasteiger charge is -2.39. The molecule has 5 aromatic rings. The van der Waals surface area contributed by atoms with E-state index in [0.717, 1.165) is 101 Å². The molecule has 11 rings (SSSR count). The van der Waals surface area contributed by atoms with Crippen molar-refractivity contribution in [3.8, 4) is 22.4 Å². The summed E-state index contributed by atoms with van der Waals surface area (Å²) < 4.78 is 16.2. The molecule has 3 aliphatic carbocycles. The number of aromatic amines is 2. The van der Waals surface area contributed by atoms with E-state index in [1.807, 2.05) is 29.8 Å². The summed E-state index contributed by atoms with van der Waals surface area (Å²) in [5.74, 6) is 2.87. The van der Waals surface area contributed by atoms with Gasteiger partial charge in [-0.3, -0.25) is 9.59 Å². The maximum absolute atomic E-state index is 14.9. The Hall–Kier alpha value is -5.96. The molecule has 3 saturated carbocycles. The van der Waals surface area contributed by atoms with E-state index in [4.69, 9.17) is 24.2 Å². The van der Waals surface area contributed by atoms with Crippen molar-refractivity contribution in [3.05, 3.63) is 72.4 Å². The zero-order valence-corrected chi connectivity index (χ0v) is 39.7. The Morgan fingerprint density at radius 2 is 1.53 bits per heavy atom. The molecule has 2 unspecified atom stereocenters. The van der Waals surface area contributed by atoms with Gasteiger partial charge in [0.05, 0.1) is 55.3 Å². The molecule has 4 amide bonds. The fourth-order valence-corrected chi connectivity index (χ4v) is 13.2. The van der Waals surface area contributed by atoms with Gasteiger partial charge in [-0.05, 0) is 121 Å². The third-order valence-electron chi connectivity index (χ3n) is 16.8. The number of piperidine rings is 2. The lowest BCUT2D eigenvalue weighted by molar-refractivity contribution is -0.140. The highest BCUT2D eigenvalue weighted by atomic mass is 16.5. The summed E-state index contributed by atoms with van der Waals surface area (Å²) in [5.41, 5.74) is 5.82. The van der Waals surface area contributed by atoms with Crippen LogP contribution in [0.5, 0.6) is 0 Å². The number of nitrogens with zero attached hydrogens (tertiary/aromatic N) is 4. The van der Waals surface area contributed by atoms with Gasteiger partial charge in [-0.2, -0.15) is 0 Å².